The van der Waals surface area contributed by atoms with Crippen LogP contribution >= 0.6 is 11.3 Å². The van der Waals surface area contributed by atoms with Crippen LogP contribution in [-0.4, -0.2) is 11.6 Å². The lowest BCUT2D eigenvalue weighted by Gasteiger charge is -2.19. The molecule has 0 aliphatic carbocycles. The minimum absolute atomic E-state index is 0.288. The van der Waals surface area contributed by atoms with E-state index >= 15 is 0 Å². The summed E-state index contributed by atoms with van der Waals surface area (Å²) < 4.78 is 6.48. The fraction of sp³-hybridized carbons (Fsp3) is 0.357. The van der Waals surface area contributed by atoms with E-state index in [-0.39, 0.29) is 5.97 Å². The number of carbonyl (C=O) groups excluding carboxylic acids is 1. The van der Waals surface area contributed by atoms with Crippen molar-refractivity contribution in [2.75, 3.05) is 0 Å². The van der Waals surface area contributed by atoms with Crippen LogP contribution in [0.5, 0.6) is 0 Å². The maximum atomic E-state index is 12.1. The van der Waals surface area contributed by atoms with Crippen LogP contribution < -0.4 is 5.73 Å². The first-order valence-corrected chi connectivity index (χ1v) is 6.68. The van der Waals surface area contributed by atoms with Gasteiger partial charge in [-0.2, -0.15) is 0 Å². The van der Waals surface area contributed by atoms with E-state index in [0.29, 0.717) is 11.4 Å². The lowest BCUT2D eigenvalue weighted by Crippen LogP contribution is -2.24. The number of hydrogen-bond donors (Lipinski definition) is 1. The summed E-state index contributed by atoms with van der Waals surface area (Å²) >= 11 is 1.44. The minimum atomic E-state index is -0.487. The van der Waals surface area contributed by atoms with Gasteiger partial charge in [-0.1, -0.05) is 18.2 Å². The number of fused-ring (bicyclic) bond motifs is 1. The van der Waals surface area contributed by atoms with Crippen LogP contribution in [0.1, 0.15) is 36.0 Å². The Morgan fingerprint density at radius 3 is 2.61 bits per heavy atom. The van der Waals surface area contributed by atoms with Gasteiger partial charge in [0, 0.05) is 11.2 Å². The third-order valence-corrected chi connectivity index (χ3v) is 3.68. The molecular formula is C14H17NO2S. The molecule has 2 aromatic rings. The summed E-state index contributed by atoms with van der Waals surface area (Å²) in [5.41, 5.74) is 6.15. The molecule has 0 unspecified atom stereocenters. The third-order valence-electron chi connectivity index (χ3n) is 2.49. The number of hydrogen-bond acceptors (Lipinski definition) is 4. The summed E-state index contributed by atoms with van der Waals surface area (Å²) in [5, 5.41) is 1.05. The number of nitrogens with two attached hydrogens (primary N) is 1. The van der Waals surface area contributed by atoms with Gasteiger partial charge in [0.25, 0.3) is 0 Å². The van der Waals surface area contributed by atoms with Crippen LogP contribution in [-0.2, 0) is 11.3 Å². The van der Waals surface area contributed by atoms with E-state index in [0.717, 1.165) is 15.6 Å². The van der Waals surface area contributed by atoms with Crippen molar-refractivity contribution in [1.29, 1.82) is 0 Å². The quantitative estimate of drug-likeness (QED) is 0.846. The van der Waals surface area contributed by atoms with Gasteiger partial charge in [0.05, 0.1) is 0 Å². The lowest BCUT2D eigenvalue weighted by molar-refractivity contribution is 0.00743. The molecule has 0 amide bonds. The molecule has 1 aromatic carbocycles. The molecule has 0 aliphatic heterocycles. The first-order valence-electron chi connectivity index (χ1n) is 5.86. The molecule has 0 saturated heterocycles. The van der Waals surface area contributed by atoms with Crippen molar-refractivity contribution in [2.45, 2.75) is 32.9 Å². The molecule has 1 heterocycles. The van der Waals surface area contributed by atoms with Crippen molar-refractivity contribution in [1.82, 2.24) is 0 Å². The Morgan fingerprint density at radius 2 is 2.00 bits per heavy atom. The monoisotopic (exact) mass is 263 g/mol. The molecule has 0 radical (unpaired) electrons. The third kappa shape index (κ3) is 2.54. The highest BCUT2D eigenvalue weighted by molar-refractivity contribution is 7.21. The number of benzene rings is 1. The standard InChI is InChI=1S/C14H17NO2S/c1-14(2,3)17-13(16)12-10(8-15)9-6-4-5-7-11(9)18-12/h4-7H,8,15H2,1-3H3. The predicted molar refractivity (Wildman–Crippen MR) is 74.9 cm³/mol. The van der Waals surface area contributed by atoms with Crippen LogP contribution in [0.2, 0.25) is 0 Å². The molecule has 0 fully saturated rings. The molecule has 1 aromatic heterocycles. The van der Waals surface area contributed by atoms with Gasteiger partial charge in [0.1, 0.15) is 10.5 Å². The van der Waals surface area contributed by atoms with Crippen LogP contribution in [0.4, 0.5) is 0 Å². The number of rotatable bonds is 2. The molecule has 0 bridgehead atoms. The molecule has 0 aliphatic rings. The van der Waals surface area contributed by atoms with Gasteiger partial charge in [0.2, 0.25) is 0 Å². The Kier molecular flexibility index (Phi) is 3.41. The van der Waals surface area contributed by atoms with E-state index in [2.05, 4.69) is 0 Å². The van der Waals surface area contributed by atoms with Gasteiger partial charge in [0.15, 0.2) is 0 Å². The molecule has 0 spiro atoms. The van der Waals surface area contributed by atoms with Gasteiger partial charge in [-0.05, 0) is 37.8 Å². The van der Waals surface area contributed by atoms with E-state index in [4.69, 9.17) is 10.5 Å². The molecule has 18 heavy (non-hydrogen) atoms. The Hall–Kier alpha value is -1.39. The second-order valence-electron chi connectivity index (χ2n) is 5.11. The van der Waals surface area contributed by atoms with Gasteiger partial charge in [-0.15, -0.1) is 11.3 Å². The molecule has 0 saturated carbocycles. The van der Waals surface area contributed by atoms with Gasteiger partial charge in [-0.3, -0.25) is 0 Å². The number of esters is 1. The average Bonchev–Trinajstić information content (AvgIpc) is 2.65. The molecule has 3 nitrogen and oxygen atoms in total. The first kappa shape index (κ1) is 13.1. The van der Waals surface area contributed by atoms with Crippen LogP contribution in [0, 0.1) is 0 Å². The highest BCUT2D eigenvalue weighted by Crippen LogP contribution is 2.32. The van der Waals surface area contributed by atoms with E-state index in [1.165, 1.54) is 11.3 Å². The largest absolute Gasteiger partial charge is 0.456 e. The topological polar surface area (TPSA) is 52.3 Å². The summed E-state index contributed by atoms with van der Waals surface area (Å²) in [5.74, 6) is -0.288. The summed E-state index contributed by atoms with van der Waals surface area (Å²) in [7, 11) is 0. The summed E-state index contributed by atoms with van der Waals surface area (Å²) in [4.78, 5) is 12.8. The highest BCUT2D eigenvalue weighted by atomic mass is 32.1. The zero-order valence-corrected chi connectivity index (χ0v) is 11.6. The Balaban J connectivity index is 2.47. The Morgan fingerprint density at radius 1 is 1.33 bits per heavy atom. The fourth-order valence-corrected chi connectivity index (χ4v) is 2.90. The predicted octanol–water partition coefficient (Wildman–Crippen LogP) is 3.32. The highest BCUT2D eigenvalue weighted by Gasteiger charge is 2.23. The zero-order chi connectivity index (χ0) is 13.3. The van der Waals surface area contributed by atoms with Crippen molar-refractivity contribution < 1.29 is 9.53 Å². The van der Waals surface area contributed by atoms with Crippen LogP contribution in [0.15, 0.2) is 24.3 Å². The summed E-state index contributed by atoms with van der Waals surface area (Å²) in [6.45, 7) is 5.93. The molecule has 2 N–H and O–H groups in total. The molecular weight excluding hydrogens is 246 g/mol. The van der Waals surface area contributed by atoms with Gasteiger partial charge >= 0.3 is 5.97 Å². The second-order valence-corrected chi connectivity index (χ2v) is 6.16. The molecule has 4 heteroatoms. The molecule has 96 valence electrons. The lowest BCUT2D eigenvalue weighted by atomic mass is 10.1. The second kappa shape index (κ2) is 4.71. The Bertz CT molecular complexity index is 581. The summed E-state index contributed by atoms with van der Waals surface area (Å²) in [6, 6.07) is 7.89. The van der Waals surface area contributed by atoms with Crippen LogP contribution in [0.3, 0.4) is 0 Å². The van der Waals surface area contributed by atoms with E-state index in [9.17, 15) is 4.79 Å². The maximum absolute atomic E-state index is 12.1. The Labute approximate surface area is 111 Å². The van der Waals surface area contributed by atoms with Crippen molar-refractivity contribution in [3.05, 3.63) is 34.7 Å². The number of thiophene rings is 1. The number of carbonyl (C=O) groups is 1. The average molecular weight is 263 g/mol. The van der Waals surface area contributed by atoms with Crippen molar-refractivity contribution in [3.63, 3.8) is 0 Å². The fourth-order valence-electron chi connectivity index (χ4n) is 1.79. The molecule has 2 rings (SSSR count). The minimum Gasteiger partial charge on any atom is -0.456 e. The zero-order valence-electron chi connectivity index (χ0n) is 10.8. The van der Waals surface area contributed by atoms with E-state index in [1.807, 2.05) is 45.0 Å². The van der Waals surface area contributed by atoms with Crippen molar-refractivity contribution >= 4 is 27.4 Å². The number of ether oxygens (including phenoxy) is 1. The van der Waals surface area contributed by atoms with Crippen molar-refractivity contribution in [3.8, 4) is 0 Å². The van der Waals surface area contributed by atoms with Crippen molar-refractivity contribution in [2.24, 2.45) is 5.73 Å². The molecule has 0 atom stereocenters. The summed E-state index contributed by atoms with van der Waals surface area (Å²) in [6.07, 6.45) is 0. The van der Waals surface area contributed by atoms with Gasteiger partial charge in [-0.25, -0.2) is 4.79 Å². The van der Waals surface area contributed by atoms with Gasteiger partial charge < -0.3 is 10.5 Å². The van der Waals surface area contributed by atoms with E-state index < -0.39 is 5.60 Å². The SMILES string of the molecule is CC(C)(C)OC(=O)c1sc2ccccc2c1CN. The van der Waals surface area contributed by atoms with E-state index in [1.54, 1.807) is 0 Å². The smallest absolute Gasteiger partial charge is 0.349 e. The van der Waals surface area contributed by atoms with Crippen LogP contribution in [0.25, 0.3) is 10.1 Å². The normalized spacial score (nSPS) is 11.8. The first-order chi connectivity index (χ1) is 8.42. The maximum Gasteiger partial charge on any atom is 0.349 e.